The van der Waals surface area contributed by atoms with Crippen molar-refractivity contribution in [1.29, 1.82) is 0 Å². The van der Waals surface area contributed by atoms with Gasteiger partial charge in [-0.2, -0.15) is 13.2 Å². The SMILES string of the molecule is O=C(/C=C/C=C(/c1ccc(C(F)(F)F)cc1)c1cccc(OCC2CCOCC2)c1)Nc1cccc2c1CC(O)C(=O)N2. The molecule has 3 aromatic carbocycles. The largest absolute Gasteiger partial charge is 0.493 e. The number of fused-ring (bicyclic) bond motifs is 1. The van der Waals surface area contributed by atoms with Gasteiger partial charge in [0.05, 0.1) is 12.2 Å². The molecule has 224 valence electrons. The van der Waals surface area contributed by atoms with Crippen LogP contribution in [0, 0.1) is 5.92 Å². The summed E-state index contributed by atoms with van der Waals surface area (Å²) in [6.07, 6.45) is 0.696. The number of aliphatic hydroxyl groups is 1. The van der Waals surface area contributed by atoms with E-state index in [1.54, 1.807) is 24.3 Å². The molecule has 10 heteroatoms. The van der Waals surface area contributed by atoms with E-state index in [9.17, 15) is 27.9 Å². The highest BCUT2D eigenvalue weighted by molar-refractivity contribution is 6.03. The van der Waals surface area contributed by atoms with Gasteiger partial charge >= 0.3 is 6.18 Å². The first kappa shape index (κ1) is 30.1. The summed E-state index contributed by atoms with van der Waals surface area (Å²) in [6.45, 7) is 1.95. The maximum Gasteiger partial charge on any atom is 0.416 e. The Morgan fingerprint density at radius 1 is 1.05 bits per heavy atom. The number of nitrogens with one attached hydrogen (secondary N) is 2. The third-order valence-electron chi connectivity index (χ3n) is 7.40. The quantitative estimate of drug-likeness (QED) is 0.221. The molecule has 1 fully saturated rings. The van der Waals surface area contributed by atoms with E-state index in [1.807, 2.05) is 24.3 Å². The molecule has 3 aromatic rings. The number of rotatable bonds is 8. The zero-order valence-corrected chi connectivity index (χ0v) is 23.2. The molecule has 7 nitrogen and oxygen atoms in total. The third-order valence-corrected chi connectivity index (χ3v) is 7.40. The molecule has 1 unspecified atom stereocenters. The van der Waals surface area contributed by atoms with Crippen molar-refractivity contribution in [2.75, 3.05) is 30.5 Å². The van der Waals surface area contributed by atoms with Gasteiger partial charge in [0.25, 0.3) is 5.91 Å². The minimum atomic E-state index is -4.46. The molecule has 43 heavy (non-hydrogen) atoms. The molecular formula is C33H31F3N2O5. The minimum absolute atomic E-state index is 0.0617. The molecule has 3 N–H and O–H groups in total. The summed E-state index contributed by atoms with van der Waals surface area (Å²) in [5.41, 5.74) is 2.64. The van der Waals surface area contributed by atoms with Crippen molar-refractivity contribution in [3.63, 3.8) is 0 Å². The van der Waals surface area contributed by atoms with Crippen LogP contribution in [0.25, 0.3) is 5.57 Å². The maximum absolute atomic E-state index is 13.2. The van der Waals surface area contributed by atoms with Crippen LogP contribution in [0.3, 0.4) is 0 Å². The van der Waals surface area contributed by atoms with Crippen LogP contribution in [-0.2, 0) is 26.9 Å². The number of amides is 2. The maximum atomic E-state index is 13.2. The molecule has 1 saturated heterocycles. The standard InChI is InChI=1S/C33H31F3N2O5/c34-33(35,36)24-12-10-22(11-13-24)26(23-4-1-5-25(18-23)43-20-21-14-16-42-17-15-21)6-2-9-31(40)37-28-7-3-8-29-27(28)19-30(39)32(41)38-29/h1-13,18,21,30,39H,14-17,19-20H2,(H,37,40)(H,38,41)/b9-2+,26-6-. The average Bonchev–Trinajstić information content (AvgIpc) is 3.00. The van der Waals surface area contributed by atoms with Gasteiger partial charge in [0.1, 0.15) is 11.9 Å². The van der Waals surface area contributed by atoms with Gasteiger partial charge in [-0.3, -0.25) is 9.59 Å². The van der Waals surface area contributed by atoms with Crippen LogP contribution >= 0.6 is 0 Å². The van der Waals surface area contributed by atoms with Gasteiger partial charge in [-0.1, -0.05) is 42.5 Å². The zero-order valence-electron chi connectivity index (χ0n) is 23.2. The number of carbonyl (C=O) groups is 2. The van der Waals surface area contributed by atoms with Crippen molar-refractivity contribution < 1.29 is 37.3 Å². The highest BCUT2D eigenvalue weighted by Gasteiger charge is 2.30. The first-order chi connectivity index (χ1) is 20.7. The molecule has 0 saturated carbocycles. The third kappa shape index (κ3) is 7.71. The second-order valence-electron chi connectivity index (χ2n) is 10.4. The van der Waals surface area contributed by atoms with E-state index >= 15 is 0 Å². The number of ether oxygens (including phenoxy) is 2. The zero-order chi connectivity index (χ0) is 30.4. The van der Waals surface area contributed by atoms with E-state index < -0.39 is 29.7 Å². The molecule has 2 amide bonds. The van der Waals surface area contributed by atoms with Gasteiger partial charge in [0, 0.05) is 42.6 Å². The van der Waals surface area contributed by atoms with Crippen LogP contribution in [0.15, 0.2) is 85.0 Å². The Bertz CT molecular complexity index is 1530. The van der Waals surface area contributed by atoms with E-state index in [2.05, 4.69) is 10.6 Å². The molecular weight excluding hydrogens is 561 g/mol. The number of hydrogen-bond acceptors (Lipinski definition) is 5. The number of allylic oxidation sites excluding steroid dienone is 2. The number of carbonyl (C=O) groups excluding carboxylic acids is 2. The lowest BCUT2D eigenvalue weighted by Gasteiger charge is -2.23. The number of aliphatic hydroxyl groups excluding tert-OH is 1. The lowest BCUT2D eigenvalue weighted by atomic mass is 9.96. The van der Waals surface area contributed by atoms with Crippen LogP contribution in [0.1, 0.15) is 35.1 Å². The van der Waals surface area contributed by atoms with Crippen LogP contribution in [0.2, 0.25) is 0 Å². The van der Waals surface area contributed by atoms with Gasteiger partial charge in [-0.15, -0.1) is 0 Å². The topological polar surface area (TPSA) is 96.9 Å². The molecule has 2 heterocycles. The summed E-state index contributed by atoms with van der Waals surface area (Å²) in [5, 5.41) is 15.3. The second kappa shape index (κ2) is 13.3. The number of alkyl halides is 3. The predicted octanol–water partition coefficient (Wildman–Crippen LogP) is 5.99. The average molecular weight is 593 g/mol. The fourth-order valence-electron chi connectivity index (χ4n) is 5.03. The molecule has 1 atom stereocenters. The molecule has 2 aliphatic heterocycles. The second-order valence-corrected chi connectivity index (χ2v) is 10.4. The summed E-state index contributed by atoms with van der Waals surface area (Å²) in [5.74, 6) is 0.0522. The van der Waals surface area contributed by atoms with Gasteiger partial charge in [-0.05, 0) is 71.9 Å². The summed E-state index contributed by atoms with van der Waals surface area (Å²) in [7, 11) is 0. The van der Waals surface area contributed by atoms with Crippen molar-refractivity contribution in [2.24, 2.45) is 5.92 Å². The first-order valence-corrected chi connectivity index (χ1v) is 14.0. The number of halogens is 3. The predicted molar refractivity (Wildman–Crippen MR) is 157 cm³/mol. The molecule has 2 aliphatic rings. The molecule has 0 aromatic heterocycles. The van der Waals surface area contributed by atoms with E-state index in [4.69, 9.17) is 9.47 Å². The van der Waals surface area contributed by atoms with Crippen molar-refractivity contribution in [3.05, 3.63) is 107 Å². The Hall–Kier alpha value is -4.41. The van der Waals surface area contributed by atoms with Crippen molar-refractivity contribution >= 4 is 28.8 Å². The first-order valence-electron chi connectivity index (χ1n) is 14.0. The molecule has 0 radical (unpaired) electrons. The van der Waals surface area contributed by atoms with E-state index in [0.29, 0.717) is 65.1 Å². The molecule has 5 rings (SSSR count). The summed E-state index contributed by atoms with van der Waals surface area (Å²) in [4.78, 5) is 24.6. The highest BCUT2D eigenvalue weighted by Crippen LogP contribution is 2.33. The fraction of sp³-hybridized carbons (Fsp3) is 0.273. The van der Waals surface area contributed by atoms with Crippen LogP contribution in [0.4, 0.5) is 24.5 Å². The number of hydrogen-bond donors (Lipinski definition) is 3. The summed E-state index contributed by atoms with van der Waals surface area (Å²) >= 11 is 0. The van der Waals surface area contributed by atoms with Gasteiger partial charge in [0.15, 0.2) is 0 Å². The van der Waals surface area contributed by atoms with Crippen LogP contribution in [-0.4, -0.2) is 42.8 Å². The summed E-state index contributed by atoms with van der Waals surface area (Å²) < 4.78 is 51.1. The normalized spacial score (nSPS) is 17.8. The lowest BCUT2D eigenvalue weighted by molar-refractivity contribution is -0.137. The number of anilines is 2. The highest BCUT2D eigenvalue weighted by atomic mass is 19.4. The Balaban J connectivity index is 1.37. The monoisotopic (exact) mass is 592 g/mol. The Morgan fingerprint density at radius 2 is 1.79 bits per heavy atom. The Morgan fingerprint density at radius 3 is 2.53 bits per heavy atom. The van der Waals surface area contributed by atoms with Gasteiger partial charge in [-0.25, -0.2) is 0 Å². The van der Waals surface area contributed by atoms with Gasteiger partial charge < -0.3 is 25.2 Å². The number of benzene rings is 3. The Kier molecular flexibility index (Phi) is 9.27. The Labute approximate surface area is 247 Å². The van der Waals surface area contributed by atoms with E-state index in [-0.39, 0.29) is 6.42 Å². The van der Waals surface area contributed by atoms with Crippen LogP contribution in [0.5, 0.6) is 5.75 Å². The van der Waals surface area contributed by atoms with Gasteiger partial charge in [0.2, 0.25) is 5.91 Å². The minimum Gasteiger partial charge on any atom is -0.493 e. The van der Waals surface area contributed by atoms with Crippen molar-refractivity contribution in [1.82, 2.24) is 0 Å². The van der Waals surface area contributed by atoms with Crippen LogP contribution < -0.4 is 15.4 Å². The smallest absolute Gasteiger partial charge is 0.416 e. The van der Waals surface area contributed by atoms with E-state index in [1.165, 1.54) is 24.3 Å². The van der Waals surface area contributed by atoms with Crippen molar-refractivity contribution in [3.8, 4) is 5.75 Å². The molecule has 0 bridgehead atoms. The molecule has 0 aliphatic carbocycles. The molecule has 0 spiro atoms. The lowest BCUT2D eigenvalue weighted by Crippen LogP contribution is -2.34. The summed E-state index contributed by atoms with van der Waals surface area (Å²) in [6, 6.07) is 17.2. The fourth-order valence-corrected chi connectivity index (χ4v) is 5.03. The van der Waals surface area contributed by atoms with E-state index in [0.717, 1.165) is 25.0 Å². The van der Waals surface area contributed by atoms with Crippen molar-refractivity contribution in [2.45, 2.75) is 31.5 Å².